The minimum atomic E-state index is 0.924. The first kappa shape index (κ1) is 6.16. The summed E-state index contributed by atoms with van der Waals surface area (Å²) in [5, 5.41) is 0. The molecular formula is C9H10. The van der Waals surface area contributed by atoms with Gasteiger partial charge in [-0.25, -0.2) is 0 Å². The summed E-state index contributed by atoms with van der Waals surface area (Å²) in [5.41, 5.74) is 2.51. The van der Waals surface area contributed by atoms with Crippen LogP contribution in [-0.2, 0) is 0 Å². The lowest BCUT2D eigenvalue weighted by Crippen LogP contribution is -1.67. The van der Waals surface area contributed by atoms with Gasteiger partial charge in [-0.2, -0.15) is 0 Å². The number of hydrogen-bond donors (Lipinski definition) is 0. The van der Waals surface area contributed by atoms with Gasteiger partial charge in [-0.05, 0) is 19.4 Å². The van der Waals surface area contributed by atoms with Gasteiger partial charge >= 0.3 is 0 Å². The Labute approximate surface area is 56.3 Å². The van der Waals surface area contributed by atoms with Crippen LogP contribution in [0.3, 0.4) is 0 Å². The molecule has 0 aromatic rings. The van der Waals surface area contributed by atoms with E-state index in [-0.39, 0.29) is 0 Å². The average Bonchev–Trinajstić information content (AvgIpc) is 1.97. The molecule has 0 nitrogen and oxygen atoms in total. The Morgan fingerprint density at radius 1 is 1.33 bits per heavy atom. The van der Waals surface area contributed by atoms with Crippen LogP contribution in [0.4, 0.5) is 0 Å². The molecule has 0 heterocycles. The molecule has 0 unspecified atom stereocenters. The smallest absolute Gasteiger partial charge is 0.0303 e. The first-order valence-electron chi connectivity index (χ1n) is 3.12. The van der Waals surface area contributed by atoms with Crippen molar-refractivity contribution in [2.45, 2.75) is 20.3 Å². The largest absolute Gasteiger partial charge is 0.0938 e. The van der Waals surface area contributed by atoms with E-state index in [4.69, 9.17) is 0 Å². The molecule has 0 saturated heterocycles. The van der Waals surface area contributed by atoms with Crippen LogP contribution >= 0.6 is 0 Å². The zero-order valence-electron chi connectivity index (χ0n) is 5.86. The second-order valence-electron chi connectivity index (χ2n) is 2.34. The van der Waals surface area contributed by atoms with Crippen molar-refractivity contribution in [2.24, 2.45) is 0 Å². The zero-order chi connectivity index (χ0) is 6.69. The molecule has 1 rings (SSSR count). The lowest BCUT2D eigenvalue weighted by Gasteiger charge is -1.85. The van der Waals surface area contributed by atoms with E-state index in [1.807, 2.05) is 6.92 Å². The maximum atomic E-state index is 3.06. The molecule has 0 N–H and O–H groups in total. The second-order valence-corrected chi connectivity index (χ2v) is 2.34. The molecular weight excluding hydrogens is 108 g/mol. The predicted octanol–water partition coefficient (Wildman–Crippen LogP) is 2.29. The lowest BCUT2D eigenvalue weighted by molar-refractivity contribution is 1.26. The number of allylic oxidation sites excluding steroid dienone is 4. The monoisotopic (exact) mass is 118 g/mol. The van der Waals surface area contributed by atoms with Crippen LogP contribution < -0.4 is 0 Å². The highest BCUT2D eigenvalue weighted by atomic mass is 13.9. The first-order valence-corrected chi connectivity index (χ1v) is 3.12. The number of rotatable bonds is 0. The highest BCUT2D eigenvalue weighted by Crippen LogP contribution is 2.04. The molecule has 1 aliphatic carbocycles. The summed E-state index contributed by atoms with van der Waals surface area (Å²) in [4.78, 5) is 0. The quantitative estimate of drug-likeness (QED) is 0.428. The van der Waals surface area contributed by atoms with Crippen LogP contribution in [0.2, 0.25) is 0 Å². The lowest BCUT2D eigenvalue weighted by atomic mass is 10.2. The fourth-order valence-electron chi connectivity index (χ4n) is 0.691. The third kappa shape index (κ3) is 1.77. The molecule has 0 aromatic heterocycles. The van der Waals surface area contributed by atoms with Gasteiger partial charge < -0.3 is 0 Å². The standard InChI is InChI=1S/C9H10/c1-8-4-3-5-9(2)7-6-8/h6-7H,4H2,1-2H3. The normalized spacial score (nSPS) is 16.7. The zero-order valence-corrected chi connectivity index (χ0v) is 5.86. The summed E-state index contributed by atoms with van der Waals surface area (Å²) >= 11 is 0. The third-order valence-corrected chi connectivity index (χ3v) is 1.27. The SMILES string of the molecule is CC1=CC=C(C)CC#C1. The first-order chi connectivity index (χ1) is 4.29. The van der Waals surface area contributed by atoms with Crippen LogP contribution in [-0.4, -0.2) is 0 Å². The molecule has 0 spiro atoms. The highest BCUT2D eigenvalue weighted by Gasteiger charge is 1.87. The topological polar surface area (TPSA) is 0 Å². The molecule has 0 saturated carbocycles. The molecule has 0 bridgehead atoms. The minimum Gasteiger partial charge on any atom is -0.0938 e. The maximum Gasteiger partial charge on any atom is 0.0303 e. The number of hydrogen-bond acceptors (Lipinski definition) is 0. The van der Waals surface area contributed by atoms with Crippen molar-refractivity contribution in [1.82, 2.24) is 0 Å². The summed E-state index contributed by atoms with van der Waals surface area (Å²) in [6, 6.07) is 0. The fourth-order valence-corrected chi connectivity index (χ4v) is 0.691. The maximum absolute atomic E-state index is 3.06. The molecule has 0 aromatic carbocycles. The van der Waals surface area contributed by atoms with Crippen molar-refractivity contribution in [2.75, 3.05) is 0 Å². The van der Waals surface area contributed by atoms with E-state index < -0.39 is 0 Å². The molecule has 0 radical (unpaired) electrons. The van der Waals surface area contributed by atoms with Crippen molar-refractivity contribution >= 4 is 0 Å². The van der Waals surface area contributed by atoms with Gasteiger partial charge in [-0.15, -0.1) is 0 Å². The van der Waals surface area contributed by atoms with E-state index in [1.165, 1.54) is 5.57 Å². The molecule has 0 heteroatoms. The van der Waals surface area contributed by atoms with Gasteiger partial charge in [0.2, 0.25) is 0 Å². The Bertz CT molecular complexity index is 218. The van der Waals surface area contributed by atoms with Crippen molar-refractivity contribution in [3.05, 3.63) is 23.3 Å². The van der Waals surface area contributed by atoms with Crippen molar-refractivity contribution in [3.63, 3.8) is 0 Å². The summed E-state index contributed by atoms with van der Waals surface area (Å²) in [6.07, 6.45) is 5.10. The van der Waals surface area contributed by atoms with E-state index in [1.54, 1.807) is 0 Å². The molecule has 0 aliphatic heterocycles. The van der Waals surface area contributed by atoms with Gasteiger partial charge in [-0.3, -0.25) is 0 Å². The van der Waals surface area contributed by atoms with Crippen molar-refractivity contribution in [1.29, 1.82) is 0 Å². The van der Waals surface area contributed by atoms with Crippen molar-refractivity contribution in [3.8, 4) is 11.8 Å². The van der Waals surface area contributed by atoms with E-state index in [0.29, 0.717) is 0 Å². The molecule has 0 fully saturated rings. The van der Waals surface area contributed by atoms with Crippen LogP contribution in [0.1, 0.15) is 20.3 Å². The summed E-state index contributed by atoms with van der Waals surface area (Å²) in [7, 11) is 0. The average molecular weight is 118 g/mol. The highest BCUT2D eigenvalue weighted by molar-refractivity contribution is 5.35. The van der Waals surface area contributed by atoms with Gasteiger partial charge in [-0.1, -0.05) is 29.6 Å². The van der Waals surface area contributed by atoms with Gasteiger partial charge in [0.25, 0.3) is 0 Å². The van der Waals surface area contributed by atoms with E-state index >= 15 is 0 Å². The minimum absolute atomic E-state index is 0.924. The Kier molecular flexibility index (Phi) is 1.75. The predicted molar refractivity (Wildman–Crippen MR) is 39.9 cm³/mol. The van der Waals surface area contributed by atoms with Crippen LogP contribution in [0, 0.1) is 11.8 Å². The third-order valence-electron chi connectivity index (χ3n) is 1.27. The molecule has 9 heavy (non-hydrogen) atoms. The Hall–Kier alpha value is -0.960. The van der Waals surface area contributed by atoms with Gasteiger partial charge in [0, 0.05) is 6.42 Å². The second kappa shape index (κ2) is 2.55. The molecule has 0 atom stereocenters. The summed E-state index contributed by atoms with van der Waals surface area (Å²) in [5.74, 6) is 6.09. The van der Waals surface area contributed by atoms with Crippen LogP contribution in [0.15, 0.2) is 23.3 Å². The summed E-state index contributed by atoms with van der Waals surface area (Å²) in [6.45, 7) is 4.13. The van der Waals surface area contributed by atoms with Crippen LogP contribution in [0.5, 0.6) is 0 Å². The fraction of sp³-hybridized carbons (Fsp3) is 0.333. The van der Waals surface area contributed by atoms with Gasteiger partial charge in [0.15, 0.2) is 0 Å². The van der Waals surface area contributed by atoms with E-state index in [0.717, 1.165) is 12.0 Å². The van der Waals surface area contributed by atoms with E-state index in [9.17, 15) is 0 Å². The Morgan fingerprint density at radius 2 is 2.11 bits per heavy atom. The van der Waals surface area contributed by atoms with Crippen molar-refractivity contribution < 1.29 is 0 Å². The Morgan fingerprint density at radius 3 is 2.89 bits per heavy atom. The molecule has 46 valence electrons. The van der Waals surface area contributed by atoms with Gasteiger partial charge in [0.1, 0.15) is 0 Å². The van der Waals surface area contributed by atoms with Crippen LogP contribution in [0.25, 0.3) is 0 Å². The molecule has 0 amide bonds. The van der Waals surface area contributed by atoms with E-state index in [2.05, 4.69) is 30.9 Å². The molecule has 1 aliphatic rings. The Balaban J connectivity index is 2.86. The summed E-state index contributed by atoms with van der Waals surface area (Å²) < 4.78 is 0. The van der Waals surface area contributed by atoms with Gasteiger partial charge in [0.05, 0.1) is 0 Å².